The van der Waals surface area contributed by atoms with E-state index in [1.165, 1.54) is 11.1 Å². The summed E-state index contributed by atoms with van der Waals surface area (Å²) in [7, 11) is 1.67. The molecule has 3 aliphatic rings. The van der Waals surface area contributed by atoms with Crippen molar-refractivity contribution in [2.45, 2.75) is 51.6 Å². The number of ether oxygens (including phenoxy) is 1. The lowest BCUT2D eigenvalue weighted by atomic mass is 9.90. The quantitative estimate of drug-likeness (QED) is 0.618. The number of benzene rings is 1. The zero-order valence-electron chi connectivity index (χ0n) is 18.5. The van der Waals surface area contributed by atoms with Gasteiger partial charge in [-0.3, -0.25) is 4.90 Å². The van der Waals surface area contributed by atoms with E-state index in [0.29, 0.717) is 31.5 Å². The van der Waals surface area contributed by atoms with Gasteiger partial charge in [0, 0.05) is 31.4 Å². The number of aromatic nitrogens is 2. The Morgan fingerprint density at radius 2 is 1.84 bits per heavy atom. The van der Waals surface area contributed by atoms with Crippen molar-refractivity contribution in [1.29, 1.82) is 0 Å². The SMILES string of the molecule is COc1ccc(CN2CCC(O)(Cn3cccc4cc(C(F)(F)F)nc3-4)CC2)c(C)c1C. The van der Waals surface area contributed by atoms with Crippen LogP contribution < -0.4 is 4.74 Å². The number of hydrogen-bond acceptors (Lipinski definition) is 4. The maximum Gasteiger partial charge on any atom is 0.433 e. The van der Waals surface area contributed by atoms with Crippen LogP contribution >= 0.6 is 0 Å². The molecule has 1 fully saturated rings. The summed E-state index contributed by atoms with van der Waals surface area (Å²) in [6, 6.07) is 8.42. The predicted octanol–water partition coefficient (Wildman–Crippen LogP) is 4.66. The first-order valence-electron chi connectivity index (χ1n) is 10.7. The van der Waals surface area contributed by atoms with Gasteiger partial charge in [-0.05, 0) is 67.6 Å². The second-order valence-electron chi connectivity index (χ2n) is 8.73. The zero-order valence-corrected chi connectivity index (χ0v) is 18.5. The van der Waals surface area contributed by atoms with Crippen LogP contribution in [-0.4, -0.2) is 45.4 Å². The van der Waals surface area contributed by atoms with Gasteiger partial charge in [0.2, 0.25) is 0 Å². The second-order valence-corrected chi connectivity index (χ2v) is 8.73. The van der Waals surface area contributed by atoms with Crippen molar-refractivity contribution in [3.8, 4) is 17.1 Å². The number of fused-ring (bicyclic) bond motifs is 1. The Kier molecular flexibility index (Phi) is 5.94. The molecule has 0 aliphatic carbocycles. The minimum Gasteiger partial charge on any atom is -0.496 e. The van der Waals surface area contributed by atoms with Crippen molar-refractivity contribution in [2.75, 3.05) is 20.2 Å². The standard InChI is InChI=1S/C24H28F3N3O2/c1-16-17(2)20(32-3)7-6-19(16)14-29-11-8-23(31,9-12-29)15-30-10-4-5-18-13-21(24(25,26)27)28-22(18)30/h4-7,10,13,31H,8-9,11-12,14-15H2,1-3H3. The van der Waals surface area contributed by atoms with Crippen LogP contribution in [0, 0.1) is 13.8 Å². The number of halogens is 3. The number of methoxy groups -OCH3 is 1. The topological polar surface area (TPSA) is 50.5 Å². The molecule has 0 spiro atoms. The van der Waals surface area contributed by atoms with Gasteiger partial charge >= 0.3 is 6.18 Å². The number of piperidine rings is 1. The molecule has 0 saturated carbocycles. The van der Waals surface area contributed by atoms with Crippen LogP contribution in [0.2, 0.25) is 0 Å². The first-order valence-corrected chi connectivity index (χ1v) is 10.7. The van der Waals surface area contributed by atoms with Gasteiger partial charge in [-0.2, -0.15) is 13.2 Å². The van der Waals surface area contributed by atoms with Gasteiger partial charge in [0.15, 0.2) is 0 Å². The fourth-order valence-corrected chi connectivity index (χ4v) is 4.46. The number of hydrogen-bond donors (Lipinski definition) is 1. The van der Waals surface area contributed by atoms with Crippen LogP contribution in [0.1, 0.15) is 35.2 Å². The molecular weight excluding hydrogens is 419 g/mol. The Labute approximate surface area is 185 Å². The van der Waals surface area contributed by atoms with Crippen LogP contribution in [-0.2, 0) is 19.3 Å². The van der Waals surface area contributed by atoms with Gasteiger partial charge in [0.25, 0.3) is 0 Å². The Bertz CT molecular complexity index is 1070. The molecule has 0 unspecified atom stereocenters. The number of rotatable bonds is 5. The smallest absolute Gasteiger partial charge is 0.433 e. The van der Waals surface area contributed by atoms with E-state index in [-0.39, 0.29) is 12.4 Å². The van der Waals surface area contributed by atoms with E-state index >= 15 is 0 Å². The van der Waals surface area contributed by atoms with Crippen molar-refractivity contribution < 1.29 is 23.0 Å². The number of alkyl halides is 3. The third-order valence-electron chi connectivity index (χ3n) is 6.60. The number of likely N-dealkylation sites (tertiary alicyclic amines) is 1. The van der Waals surface area contributed by atoms with E-state index < -0.39 is 17.5 Å². The van der Waals surface area contributed by atoms with E-state index in [1.807, 2.05) is 13.0 Å². The van der Waals surface area contributed by atoms with E-state index in [1.54, 1.807) is 30.0 Å². The summed E-state index contributed by atoms with van der Waals surface area (Å²) < 4.78 is 46.3. The van der Waals surface area contributed by atoms with E-state index in [2.05, 4.69) is 22.9 Å². The lowest BCUT2D eigenvalue weighted by Crippen LogP contribution is -2.46. The molecule has 5 nitrogen and oxygen atoms in total. The molecule has 3 aliphatic heterocycles. The molecule has 32 heavy (non-hydrogen) atoms. The van der Waals surface area contributed by atoms with Gasteiger partial charge in [-0.25, -0.2) is 4.98 Å². The first kappa shape index (κ1) is 22.6. The summed E-state index contributed by atoms with van der Waals surface area (Å²) in [4.78, 5) is 6.09. The lowest BCUT2D eigenvalue weighted by Gasteiger charge is -2.39. The molecular formula is C24H28F3N3O2. The minimum atomic E-state index is -4.49. The number of nitrogens with zero attached hydrogens (tertiary/aromatic N) is 3. The average Bonchev–Trinajstić information content (AvgIpc) is 3.19. The number of aliphatic hydroxyl groups is 1. The average molecular weight is 448 g/mol. The molecule has 1 N–H and O–H groups in total. The largest absolute Gasteiger partial charge is 0.496 e. The minimum absolute atomic E-state index is 0.215. The summed E-state index contributed by atoms with van der Waals surface area (Å²) in [5.41, 5.74) is 2.09. The fourth-order valence-electron chi connectivity index (χ4n) is 4.46. The third-order valence-corrected chi connectivity index (χ3v) is 6.60. The highest BCUT2D eigenvalue weighted by atomic mass is 19.4. The summed E-state index contributed by atoms with van der Waals surface area (Å²) in [6.45, 7) is 6.56. The molecule has 0 radical (unpaired) electrons. The van der Waals surface area contributed by atoms with E-state index in [0.717, 1.165) is 23.9 Å². The summed E-state index contributed by atoms with van der Waals surface area (Å²) in [5.74, 6) is 1.13. The second kappa shape index (κ2) is 8.41. The van der Waals surface area contributed by atoms with Crippen molar-refractivity contribution >= 4 is 0 Å². The summed E-state index contributed by atoms with van der Waals surface area (Å²) >= 11 is 0. The molecule has 172 valence electrons. The molecule has 3 heterocycles. The van der Waals surface area contributed by atoms with Gasteiger partial charge in [0.1, 0.15) is 17.3 Å². The molecule has 1 aromatic rings. The molecule has 0 aromatic heterocycles. The van der Waals surface area contributed by atoms with Gasteiger partial charge in [-0.1, -0.05) is 6.07 Å². The highest BCUT2D eigenvalue weighted by Gasteiger charge is 2.37. The van der Waals surface area contributed by atoms with E-state index in [4.69, 9.17) is 4.74 Å². The maximum atomic E-state index is 13.1. The third kappa shape index (κ3) is 4.47. The van der Waals surface area contributed by atoms with Gasteiger partial charge < -0.3 is 14.4 Å². The monoisotopic (exact) mass is 447 g/mol. The highest BCUT2D eigenvalue weighted by molar-refractivity contribution is 5.59. The number of pyridine rings is 1. The Balaban J connectivity index is 1.44. The maximum absolute atomic E-state index is 13.1. The molecule has 0 bridgehead atoms. The Morgan fingerprint density at radius 3 is 2.50 bits per heavy atom. The van der Waals surface area contributed by atoms with Crippen molar-refractivity contribution in [1.82, 2.24) is 14.5 Å². The molecule has 4 rings (SSSR count). The molecule has 0 atom stereocenters. The molecule has 0 amide bonds. The Hall–Kier alpha value is -2.58. The summed E-state index contributed by atoms with van der Waals surface area (Å²) in [5, 5.41) is 11.2. The van der Waals surface area contributed by atoms with Crippen molar-refractivity contribution in [2.24, 2.45) is 0 Å². The Morgan fingerprint density at radius 1 is 1.12 bits per heavy atom. The van der Waals surface area contributed by atoms with Crippen molar-refractivity contribution in [3.63, 3.8) is 0 Å². The summed E-state index contributed by atoms with van der Waals surface area (Å²) in [6.07, 6.45) is -1.73. The van der Waals surface area contributed by atoms with Crippen molar-refractivity contribution in [3.05, 3.63) is 58.9 Å². The van der Waals surface area contributed by atoms with Gasteiger partial charge in [0.05, 0.1) is 19.3 Å². The zero-order chi connectivity index (χ0) is 23.1. The van der Waals surface area contributed by atoms with Crippen LogP contribution in [0.5, 0.6) is 5.75 Å². The van der Waals surface area contributed by atoms with Gasteiger partial charge in [-0.15, -0.1) is 0 Å². The van der Waals surface area contributed by atoms with Crippen LogP contribution in [0.4, 0.5) is 13.2 Å². The van der Waals surface area contributed by atoms with Crippen LogP contribution in [0.15, 0.2) is 36.5 Å². The molecule has 1 aromatic carbocycles. The van der Waals surface area contributed by atoms with E-state index in [9.17, 15) is 18.3 Å². The predicted molar refractivity (Wildman–Crippen MR) is 116 cm³/mol. The first-order chi connectivity index (χ1) is 15.1. The van der Waals surface area contributed by atoms with Crippen LogP contribution in [0.25, 0.3) is 11.4 Å². The molecule has 1 saturated heterocycles. The highest BCUT2D eigenvalue weighted by Crippen LogP contribution is 2.35. The normalized spacial score (nSPS) is 17.1. The molecule has 8 heteroatoms. The fraction of sp³-hybridized carbons (Fsp3) is 0.458. The lowest BCUT2D eigenvalue weighted by molar-refractivity contribution is -0.140. The van der Waals surface area contributed by atoms with Crippen LogP contribution in [0.3, 0.4) is 0 Å².